The Kier molecular flexibility index (Phi) is 3.66. The molecule has 2 aromatic rings. The number of fused-ring (bicyclic) bond motifs is 1. The minimum Gasteiger partial charge on any atom is -0.349 e. The molecule has 1 unspecified atom stereocenters. The van der Waals surface area contributed by atoms with Crippen LogP contribution in [0.3, 0.4) is 0 Å². The first-order chi connectivity index (χ1) is 10.1. The Labute approximate surface area is 124 Å². The molecular weight excluding hydrogens is 266 g/mol. The van der Waals surface area contributed by atoms with Crippen molar-refractivity contribution in [3.05, 3.63) is 48.0 Å². The lowest BCUT2D eigenvalue weighted by Crippen LogP contribution is -2.34. The Morgan fingerprint density at radius 2 is 2.00 bits per heavy atom. The summed E-state index contributed by atoms with van der Waals surface area (Å²) in [7, 11) is 0. The van der Waals surface area contributed by atoms with Gasteiger partial charge < -0.3 is 14.8 Å². The van der Waals surface area contributed by atoms with Crippen molar-refractivity contribution in [2.75, 3.05) is 13.2 Å². The van der Waals surface area contributed by atoms with Gasteiger partial charge in [-0.25, -0.2) is 0 Å². The van der Waals surface area contributed by atoms with Crippen molar-refractivity contribution >= 4 is 16.7 Å². The van der Waals surface area contributed by atoms with Crippen LogP contribution in [0.2, 0.25) is 0 Å². The van der Waals surface area contributed by atoms with Crippen molar-refractivity contribution in [3.63, 3.8) is 0 Å². The van der Waals surface area contributed by atoms with Crippen LogP contribution in [0.4, 0.5) is 0 Å². The molecule has 0 radical (unpaired) electrons. The fraction of sp³-hybridized carbons (Fsp3) is 0.353. The Morgan fingerprint density at radius 1 is 1.24 bits per heavy atom. The van der Waals surface area contributed by atoms with Crippen LogP contribution in [0.15, 0.2) is 42.5 Å². The van der Waals surface area contributed by atoms with E-state index in [1.54, 1.807) is 0 Å². The Hall–Kier alpha value is -1.91. The number of rotatable bonds is 3. The third kappa shape index (κ3) is 3.06. The Bertz CT molecular complexity index is 661. The maximum atomic E-state index is 12.4. The van der Waals surface area contributed by atoms with E-state index in [-0.39, 0.29) is 12.0 Å². The highest BCUT2D eigenvalue weighted by atomic mass is 16.7. The van der Waals surface area contributed by atoms with Crippen molar-refractivity contribution < 1.29 is 14.3 Å². The van der Waals surface area contributed by atoms with Crippen LogP contribution in [-0.4, -0.2) is 30.9 Å². The molecule has 0 spiro atoms. The largest absolute Gasteiger partial charge is 0.349 e. The lowest BCUT2D eigenvalue weighted by molar-refractivity contribution is -0.137. The van der Waals surface area contributed by atoms with E-state index >= 15 is 0 Å². The molecule has 1 amide bonds. The smallest absolute Gasteiger partial charge is 0.252 e. The topological polar surface area (TPSA) is 47.6 Å². The summed E-state index contributed by atoms with van der Waals surface area (Å²) in [5, 5.41) is 4.95. The van der Waals surface area contributed by atoms with Gasteiger partial charge in [0, 0.05) is 12.1 Å². The third-order valence-corrected chi connectivity index (χ3v) is 3.59. The first-order valence-corrected chi connectivity index (χ1v) is 7.13. The van der Waals surface area contributed by atoms with Crippen LogP contribution in [0, 0.1) is 0 Å². The minimum atomic E-state index is -0.561. The van der Waals surface area contributed by atoms with Crippen molar-refractivity contribution in [3.8, 4) is 0 Å². The number of ether oxygens (including phenoxy) is 2. The molecule has 110 valence electrons. The highest BCUT2D eigenvalue weighted by Gasteiger charge is 2.32. The summed E-state index contributed by atoms with van der Waals surface area (Å²) < 4.78 is 11.2. The Morgan fingerprint density at radius 3 is 2.76 bits per heavy atom. The van der Waals surface area contributed by atoms with Gasteiger partial charge in [-0.15, -0.1) is 0 Å². The highest BCUT2D eigenvalue weighted by Crippen LogP contribution is 2.22. The van der Waals surface area contributed by atoms with Gasteiger partial charge >= 0.3 is 0 Å². The van der Waals surface area contributed by atoms with Gasteiger partial charge in [0.2, 0.25) is 0 Å². The maximum absolute atomic E-state index is 12.4. The summed E-state index contributed by atoms with van der Waals surface area (Å²) in [4.78, 5) is 12.4. The molecule has 2 aromatic carbocycles. The molecule has 1 aliphatic rings. The number of hydrogen-bond donors (Lipinski definition) is 1. The van der Waals surface area contributed by atoms with Crippen LogP contribution in [0.25, 0.3) is 10.8 Å². The first-order valence-electron chi connectivity index (χ1n) is 7.13. The van der Waals surface area contributed by atoms with Crippen molar-refractivity contribution in [2.45, 2.75) is 25.7 Å². The van der Waals surface area contributed by atoms with Gasteiger partial charge in [0.1, 0.15) is 6.10 Å². The molecule has 4 heteroatoms. The van der Waals surface area contributed by atoms with E-state index in [1.165, 1.54) is 0 Å². The van der Waals surface area contributed by atoms with E-state index in [0.29, 0.717) is 18.7 Å². The van der Waals surface area contributed by atoms with E-state index in [4.69, 9.17) is 9.47 Å². The zero-order chi connectivity index (χ0) is 14.9. The van der Waals surface area contributed by atoms with E-state index in [2.05, 4.69) is 5.32 Å². The lowest BCUT2D eigenvalue weighted by atomic mass is 10.0. The normalized spacial score (nSPS) is 20.6. The fourth-order valence-corrected chi connectivity index (χ4v) is 2.59. The SMILES string of the molecule is CC1(C)OCC(CNC(=O)c2cccc3ccccc23)O1. The second kappa shape index (κ2) is 5.47. The zero-order valence-electron chi connectivity index (χ0n) is 12.3. The average Bonchev–Trinajstić information content (AvgIpc) is 2.83. The molecule has 1 N–H and O–H groups in total. The second-order valence-electron chi connectivity index (χ2n) is 5.69. The Balaban J connectivity index is 1.70. The van der Waals surface area contributed by atoms with E-state index in [0.717, 1.165) is 10.8 Å². The third-order valence-electron chi connectivity index (χ3n) is 3.59. The summed E-state index contributed by atoms with van der Waals surface area (Å²) in [5.74, 6) is -0.644. The number of carbonyl (C=O) groups is 1. The molecule has 0 saturated carbocycles. The second-order valence-corrected chi connectivity index (χ2v) is 5.69. The van der Waals surface area contributed by atoms with Crippen LogP contribution < -0.4 is 5.32 Å². The fourth-order valence-electron chi connectivity index (χ4n) is 2.59. The molecule has 0 aliphatic carbocycles. The molecule has 4 nitrogen and oxygen atoms in total. The molecule has 1 aliphatic heterocycles. The predicted octanol–water partition coefficient (Wildman–Crippen LogP) is 2.72. The monoisotopic (exact) mass is 285 g/mol. The summed E-state index contributed by atoms with van der Waals surface area (Å²) in [6, 6.07) is 13.6. The maximum Gasteiger partial charge on any atom is 0.252 e. The standard InChI is InChI=1S/C17H19NO3/c1-17(2)20-11-13(21-17)10-18-16(19)15-9-5-7-12-6-3-4-8-14(12)15/h3-9,13H,10-11H2,1-2H3,(H,18,19). The molecule has 1 saturated heterocycles. The number of amides is 1. The summed E-state index contributed by atoms with van der Waals surface area (Å²) in [6.07, 6.45) is -0.0982. The van der Waals surface area contributed by atoms with Gasteiger partial charge in [-0.1, -0.05) is 36.4 Å². The van der Waals surface area contributed by atoms with Gasteiger partial charge in [-0.2, -0.15) is 0 Å². The molecule has 21 heavy (non-hydrogen) atoms. The quantitative estimate of drug-likeness (QED) is 0.943. The molecule has 0 aromatic heterocycles. The molecule has 1 atom stereocenters. The van der Waals surface area contributed by atoms with Crippen LogP contribution in [0.5, 0.6) is 0 Å². The average molecular weight is 285 g/mol. The van der Waals surface area contributed by atoms with E-state index in [9.17, 15) is 4.79 Å². The van der Waals surface area contributed by atoms with E-state index < -0.39 is 5.79 Å². The number of benzene rings is 2. The molecular formula is C17H19NO3. The first kappa shape index (κ1) is 14.0. The minimum absolute atomic E-state index is 0.0832. The molecule has 3 rings (SSSR count). The van der Waals surface area contributed by atoms with Crippen LogP contribution in [0.1, 0.15) is 24.2 Å². The van der Waals surface area contributed by atoms with Crippen LogP contribution in [-0.2, 0) is 9.47 Å². The van der Waals surface area contributed by atoms with Gasteiger partial charge in [0.15, 0.2) is 5.79 Å². The molecule has 0 bridgehead atoms. The highest BCUT2D eigenvalue weighted by molar-refractivity contribution is 6.06. The molecule has 1 heterocycles. The number of carbonyl (C=O) groups excluding carboxylic acids is 1. The van der Waals surface area contributed by atoms with Crippen molar-refractivity contribution in [2.24, 2.45) is 0 Å². The van der Waals surface area contributed by atoms with Gasteiger partial charge in [0.25, 0.3) is 5.91 Å². The predicted molar refractivity (Wildman–Crippen MR) is 81.2 cm³/mol. The van der Waals surface area contributed by atoms with Crippen LogP contribution >= 0.6 is 0 Å². The van der Waals surface area contributed by atoms with Crippen molar-refractivity contribution in [1.82, 2.24) is 5.32 Å². The lowest BCUT2D eigenvalue weighted by Gasteiger charge is -2.17. The summed E-state index contributed by atoms with van der Waals surface area (Å²) in [5.41, 5.74) is 0.686. The summed E-state index contributed by atoms with van der Waals surface area (Å²) >= 11 is 0. The van der Waals surface area contributed by atoms with Gasteiger partial charge in [0.05, 0.1) is 6.61 Å². The van der Waals surface area contributed by atoms with Crippen molar-refractivity contribution in [1.29, 1.82) is 0 Å². The summed E-state index contributed by atoms with van der Waals surface area (Å²) in [6.45, 7) is 4.70. The van der Waals surface area contributed by atoms with Gasteiger partial charge in [-0.3, -0.25) is 4.79 Å². The molecule has 1 fully saturated rings. The van der Waals surface area contributed by atoms with Gasteiger partial charge in [-0.05, 0) is 30.7 Å². The van der Waals surface area contributed by atoms with E-state index in [1.807, 2.05) is 56.3 Å². The number of nitrogens with one attached hydrogen (secondary N) is 1. The zero-order valence-corrected chi connectivity index (χ0v) is 12.3. The number of hydrogen-bond acceptors (Lipinski definition) is 3.